The summed E-state index contributed by atoms with van der Waals surface area (Å²) in [5.41, 5.74) is 3.41. The molecule has 1 N–H and O–H groups in total. The minimum Gasteiger partial charge on any atom is -0.350 e. The van der Waals surface area contributed by atoms with Crippen LogP contribution in [0.1, 0.15) is 53.6 Å². The van der Waals surface area contributed by atoms with Crippen LogP contribution in [-0.2, 0) is 9.59 Å². The van der Waals surface area contributed by atoms with Crippen LogP contribution < -0.4 is 10.2 Å². The maximum atomic E-state index is 13.1. The average molecular weight is 466 g/mol. The van der Waals surface area contributed by atoms with Crippen molar-refractivity contribution in [3.63, 3.8) is 0 Å². The standard InChI is InChI=1S/C26H28ClN3O3/c1-16-12-17(2)14-21(13-16)30-25(32)22(27)23(26(30)33)28-19-9-7-8-18(15-19)24(31)29(3)20-10-5-4-6-11-20/h7-9,12-15,20,28H,4-6,10-11H2,1-3H3. The molecule has 1 fully saturated rings. The van der Waals surface area contributed by atoms with E-state index in [0.717, 1.165) is 41.7 Å². The number of halogens is 1. The van der Waals surface area contributed by atoms with E-state index in [1.54, 1.807) is 36.4 Å². The molecule has 0 saturated heterocycles. The van der Waals surface area contributed by atoms with Gasteiger partial charge in [0.15, 0.2) is 0 Å². The SMILES string of the molecule is Cc1cc(C)cc(N2C(=O)C(Cl)=C(Nc3cccc(C(=O)N(C)C4CCCCC4)c3)C2=O)c1. The van der Waals surface area contributed by atoms with Crippen LogP contribution in [0.15, 0.2) is 53.2 Å². The molecule has 0 aromatic heterocycles. The van der Waals surface area contributed by atoms with Crippen LogP contribution in [0, 0.1) is 13.8 Å². The monoisotopic (exact) mass is 465 g/mol. The summed E-state index contributed by atoms with van der Waals surface area (Å²) in [4.78, 5) is 41.8. The van der Waals surface area contributed by atoms with Crippen molar-refractivity contribution in [3.8, 4) is 0 Å². The van der Waals surface area contributed by atoms with Crippen LogP contribution in [0.3, 0.4) is 0 Å². The summed E-state index contributed by atoms with van der Waals surface area (Å²) >= 11 is 6.28. The first kappa shape index (κ1) is 23.1. The molecule has 1 saturated carbocycles. The van der Waals surface area contributed by atoms with E-state index in [0.29, 0.717) is 16.9 Å². The Kier molecular flexibility index (Phi) is 6.56. The molecule has 2 aromatic rings. The van der Waals surface area contributed by atoms with Crippen molar-refractivity contribution in [1.29, 1.82) is 0 Å². The normalized spacial score (nSPS) is 17.0. The lowest BCUT2D eigenvalue weighted by Crippen LogP contribution is -2.38. The molecule has 172 valence electrons. The maximum absolute atomic E-state index is 13.1. The number of anilines is 2. The first-order chi connectivity index (χ1) is 15.8. The van der Waals surface area contributed by atoms with E-state index < -0.39 is 11.8 Å². The fraction of sp³-hybridized carbons (Fsp3) is 0.346. The van der Waals surface area contributed by atoms with E-state index in [2.05, 4.69) is 5.32 Å². The number of aryl methyl sites for hydroxylation is 2. The number of carbonyl (C=O) groups excluding carboxylic acids is 3. The largest absolute Gasteiger partial charge is 0.350 e. The van der Waals surface area contributed by atoms with Gasteiger partial charge in [0, 0.05) is 24.3 Å². The van der Waals surface area contributed by atoms with E-state index in [1.807, 2.05) is 31.9 Å². The zero-order valence-electron chi connectivity index (χ0n) is 19.2. The van der Waals surface area contributed by atoms with Gasteiger partial charge < -0.3 is 10.2 Å². The van der Waals surface area contributed by atoms with Gasteiger partial charge in [0.25, 0.3) is 17.7 Å². The third-order valence-electron chi connectivity index (χ3n) is 6.31. The maximum Gasteiger partial charge on any atom is 0.283 e. The number of hydrogen-bond donors (Lipinski definition) is 1. The van der Waals surface area contributed by atoms with Gasteiger partial charge in [-0.05, 0) is 68.1 Å². The van der Waals surface area contributed by atoms with Gasteiger partial charge in [0.1, 0.15) is 10.7 Å². The quantitative estimate of drug-likeness (QED) is 0.620. The molecule has 0 spiro atoms. The minimum absolute atomic E-state index is 0.00561. The third-order valence-corrected chi connectivity index (χ3v) is 6.66. The van der Waals surface area contributed by atoms with Crippen LogP contribution in [-0.4, -0.2) is 35.7 Å². The summed E-state index contributed by atoms with van der Waals surface area (Å²) < 4.78 is 0. The number of nitrogens with zero attached hydrogens (tertiary/aromatic N) is 2. The summed E-state index contributed by atoms with van der Waals surface area (Å²) in [5.74, 6) is -1.15. The highest BCUT2D eigenvalue weighted by atomic mass is 35.5. The smallest absolute Gasteiger partial charge is 0.283 e. The van der Waals surface area contributed by atoms with Crippen molar-refractivity contribution in [2.45, 2.75) is 52.0 Å². The van der Waals surface area contributed by atoms with Gasteiger partial charge in [0.2, 0.25) is 0 Å². The summed E-state index contributed by atoms with van der Waals surface area (Å²) in [5, 5.41) is 2.81. The van der Waals surface area contributed by atoms with Crippen LogP contribution >= 0.6 is 11.6 Å². The Bertz CT molecular complexity index is 1130. The fourth-order valence-corrected chi connectivity index (χ4v) is 4.85. The Balaban J connectivity index is 1.54. The Morgan fingerprint density at radius 2 is 1.67 bits per heavy atom. The van der Waals surface area contributed by atoms with E-state index >= 15 is 0 Å². The molecule has 1 aliphatic carbocycles. The molecule has 0 radical (unpaired) electrons. The van der Waals surface area contributed by atoms with E-state index in [1.165, 1.54) is 6.42 Å². The minimum atomic E-state index is -0.571. The van der Waals surface area contributed by atoms with Crippen molar-refractivity contribution in [1.82, 2.24) is 4.90 Å². The Labute approximate surface area is 199 Å². The molecule has 1 heterocycles. The molecule has 1 aliphatic heterocycles. The summed E-state index contributed by atoms with van der Waals surface area (Å²) in [6.07, 6.45) is 5.55. The Morgan fingerprint density at radius 3 is 2.33 bits per heavy atom. The second-order valence-electron chi connectivity index (χ2n) is 8.89. The van der Waals surface area contributed by atoms with Crippen molar-refractivity contribution < 1.29 is 14.4 Å². The number of hydrogen-bond acceptors (Lipinski definition) is 4. The molecule has 2 aliphatic rings. The molecule has 33 heavy (non-hydrogen) atoms. The van der Waals surface area contributed by atoms with Gasteiger partial charge in [-0.2, -0.15) is 0 Å². The van der Waals surface area contributed by atoms with Crippen molar-refractivity contribution in [2.75, 3.05) is 17.3 Å². The number of carbonyl (C=O) groups is 3. The molecule has 7 heteroatoms. The van der Waals surface area contributed by atoms with Crippen molar-refractivity contribution in [3.05, 3.63) is 69.9 Å². The average Bonchev–Trinajstić information content (AvgIpc) is 3.01. The summed E-state index contributed by atoms with van der Waals surface area (Å²) in [6.45, 7) is 3.81. The Morgan fingerprint density at radius 1 is 1.00 bits per heavy atom. The first-order valence-electron chi connectivity index (χ1n) is 11.3. The summed E-state index contributed by atoms with van der Waals surface area (Å²) in [6, 6.07) is 12.7. The van der Waals surface area contributed by atoms with Gasteiger partial charge in [-0.3, -0.25) is 14.4 Å². The molecule has 3 amide bonds. The van der Waals surface area contributed by atoms with Gasteiger partial charge in [-0.15, -0.1) is 0 Å². The van der Waals surface area contributed by atoms with Crippen LogP contribution in [0.4, 0.5) is 11.4 Å². The highest BCUT2D eigenvalue weighted by Gasteiger charge is 2.39. The van der Waals surface area contributed by atoms with Crippen LogP contribution in [0.25, 0.3) is 0 Å². The van der Waals surface area contributed by atoms with E-state index in [-0.39, 0.29) is 22.7 Å². The second kappa shape index (κ2) is 9.40. The topological polar surface area (TPSA) is 69.7 Å². The van der Waals surface area contributed by atoms with Gasteiger partial charge in [0.05, 0.1) is 5.69 Å². The molecule has 0 bridgehead atoms. The lowest BCUT2D eigenvalue weighted by molar-refractivity contribution is -0.120. The zero-order chi connectivity index (χ0) is 23.7. The van der Waals surface area contributed by atoms with Crippen LogP contribution in [0.5, 0.6) is 0 Å². The third kappa shape index (κ3) is 4.67. The lowest BCUT2D eigenvalue weighted by Gasteiger charge is -2.31. The first-order valence-corrected chi connectivity index (χ1v) is 11.6. The van der Waals surface area contributed by atoms with E-state index in [9.17, 15) is 14.4 Å². The fourth-order valence-electron chi connectivity index (χ4n) is 4.64. The molecule has 0 unspecified atom stereocenters. The lowest BCUT2D eigenvalue weighted by atomic mass is 9.94. The predicted octanol–water partition coefficient (Wildman–Crippen LogP) is 5.14. The highest BCUT2D eigenvalue weighted by molar-refractivity contribution is 6.53. The number of imide groups is 1. The second-order valence-corrected chi connectivity index (χ2v) is 9.27. The zero-order valence-corrected chi connectivity index (χ0v) is 19.9. The molecule has 2 aromatic carbocycles. The molecule has 0 atom stereocenters. The van der Waals surface area contributed by atoms with Gasteiger partial charge >= 0.3 is 0 Å². The molecule has 4 rings (SSSR count). The predicted molar refractivity (Wildman–Crippen MR) is 130 cm³/mol. The summed E-state index contributed by atoms with van der Waals surface area (Å²) in [7, 11) is 1.85. The van der Waals surface area contributed by atoms with Gasteiger partial charge in [-0.25, -0.2) is 4.90 Å². The number of benzene rings is 2. The molecular formula is C26H28ClN3O3. The van der Waals surface area contributed by atoms with Gasteiger partial charge in [-0.1, -0.05) is 43.0 Å². The van der Waals surface area contributed by atoms with Crippen molar-refractivity contribution >= 4 is 40.7 Å². The van der Waals surface area contributed by atoms with E-state index in [4.69, 9.17) is 11.6 Å². The molecular weight excluding hydrogens is 438 g/mol. The number of nitrogens with one attached hydrogen (secondary N) is 1. The molecule has 6 nitrogen and oxygen atoms in total. The van der Waals surface area contributed by atoms with Crippen LogP contribution in [0.2, 0.25) is 0 Å². The number of rotatable bonds is 5. The van der Waals surface area contributed by atoms with Crippen molar-refractivity contribution in [2.24, 2.45) is 0 Å². The Hall–Kier alpha value is -3.12. The number of amides is 3. The highest BCUT2D eigenvalue weighted by Crippen LogP contribution is 2.31.